The van der Waals surface area contributed by atoms with E-state index in [2.05, 4.69) is 44.1 Å². The van der Waals surface area contributed by atoms with Crippen LogP contribution in [0.1, 0.15) is 18.9 Å². The van der Waals surface area contributed by atoms with Gasteiger partial charge in [0.2, 0.25) is 0 Å². The molecule has 0 saturated carbocycles. The Morgan fingerprint density at radius 3 is 2.62 bits per heavy atom. The van der Waals surface area contributed by atoms with Crippen molar-refractivity contribution in [2.75, 3.05) is 6.54 Å². The van der Waals surface area contributed by atoms with Gasteiger partial charge in [-0.2, -0.15) is 0 Å². The van der Waals surface area contributed by atoms with E-state index in [-0.39, 0.29) is 5.82 Å². The maximum Gasteiger partial charge on any atom is 0.141 e. The van der Waals surface area contributed by atoms with Gasteiger partial charge in [-0.15, -0.1) is 0 Å². The van der Waals surface area contributed by atoms with Crippen LogP contribution in [0.3, 0.4) is 0 Å². The second kappa shape index (κ2) is 7.92. The molecule has 0 unspecified atom stereocenters. The smallest absolute Gasteiger partial charge is 0.141 e. The van der Waals surface area contributed by atoms with Gasteiger partial charge in [0, 0.05) is 16.6 Å². The summed E-state index contributed by atoms with van der Waals surface area (Å²) >= 11 is 6.77. The third-order valence-electron chi connectivity index (χ3n) is 2.89. The van der Waals surface area contributed by atoms with Crippen LogP contribution < -0.4 is 10.1 Å². The maximum absolute atomic E-state index is 13.1. The van der Waals surface area contributed by atoms with Crippen molar-refractivity contribution in [2.24, 2.45) is 0 Å². The number of ether oxygens (including phenoxy) is 1. The summed E-state index contributed by atoms with van der Waals surface area (Å²) in [6.45, 7) is 3.81. The van der Waals surface area contributed by atoms with Crippen molar-refractivity contribution in [1.82, 2.24) is 5.32 Å². The van der Waals surface area contributed by atoms with Crippen LogP contribution in [0.15, 0.2) is 45.3 Å². The van der Waals surface area contributed by atoms with Crippen LogP contribution in [-0.4, -0.2) is 6.54 Å². The van der Waals surface area contributed by atoms with Gasteiger partial charge in [0.15, 0.2) is 0 Å². The summed E-state index contributed by atoms with van der Waals surface area (Å²) in [5, 5.41) is 3.35. The summed E-state index contributed by atoms with van der Waals surface area (Å²) in [7, 11) is 0. The minimum absolute atomic E-state index is 0.298. The SMILES string of the molecule is CCCNCc1ccc(Br)cc1Oc1ccc(F)cc1Br. The highest BCUT2D eigenvalue weighted by atomic mass is 79.9. The first-order valence-corrected chi connectivity index (χ1v) is 8.31. The van der Waals surface area contributed by atoms with E-state index in [1.807, 2.05) is 18.2 Å². The predicted molar refractivity (Wildman–Crippen MR) is 90.3 cm³/mol. The van der Waals surface area contributed by atoms with Crippen molar-refractivity contribution in [2.45, 2.75) is 19.9 Å². The Morgan fingerprint density at radius 1 is 1.10 bits per heavy atom. The van der Waals surface area contributed by atoms with Crippen LogP contribution >= 0.6 is 31.9 Å². The quantitative estimate of drug-likeness (QED) is 0.615. The molecule has 0 radical (unpaired) electrons. The van der Waals surface area contributed by atoms with E-state index in [9.17, 15) is 4.39 Å². The first-order valence-electron chi connectivity index (χ1n) is 6.72. The van der Waals surface area contributed by atoms with E-state index in [0.29, 0.717) is 10.2 Å². The molecule has 0 bridgehead atoms. The first kappa shape index (κ1) is 16.5. The van der Waals surface area contributed by atoms with Crippen LogP contribution in [0.25, 0.3) is 0 Å². The minimum atomic E-state index is -0.298. The van der Waals surface area contributed by atoms with Crippen LogP contribution in [0, 0.1) is 5.82 Å². The molecule has 0 heterocycles. The van der Waals surface area contributed by atoms with Crippen molar-refractivity contribution in [3.63, 3.8) is 0 Å². The lowest BCUT2D eigenvalue weighted by atomic mass is 10.2. The summed E-state index contributed by atoms with van der Waals surface area (Å²) in [6, 6.07) is 10.3. The normalized spacial score (nSPS) is 10.7. The fourth-order valence-corrected chi connectivity index (χ4v) is 2.62. The lowest BCUT2D eigenvalue weighted by Gasteiger charge is -2.13. The van der Waals surface area contributed by atoms with Gasteiger partial charge in [-0.3, -0.25) is 0 Å². The molecule has 112 valence electrons. The van der Waals surface area contributed by atoms with Crippen molar-refractivity contribution < 1.29 is 9.13 Å². The Bertz CT molecular complexity index is 619. The van der Waals surface area contributed by atoms with Crippen molar-refractivity contribution in [1.29, 1.82) is 0 Å². The lowest BCUT2D eigenvalue weighted by Crippen LogP contribution is -2.14. The van der Waals surface area contributed by atoms with E-state index in [1.54, 1.807) is 6.07 Å². The van der Waals surface area contributed by atoms with E-state index in [0.717, 1.165) is 35.3 Å². The van der Waals surface area contributed by atoms with Gasteiger partial charge in [-0.05, 0) is 59.2 Å². The largest absolute Gasteiger partial charge is 0.456 e. The Balaban J connectivity index is 2.22. The molecule has 0 saturated heterocycles. The third kappa shape index (κ3) is 4.80. The van der Waals surface area contributed by atoms with Crippen molar-refractivity contribution >= 4 is 31.9 Å². The van der Waals surface area contributed by atoms with Gasteiger partial charge in [-0.1, -0.05) is 28.9 Å². The summed E-state index contributed by atoms with van der Waals surface area (Å²) in [4.78, 5) is 0. The molecule has 1 N–H and O–H groups in total. The van der Waals surface area contributed by atoms with E-state index in [1.165, 1.54) is 12.1 Å². The first-order chi connectivity index (χ1) is 10.1. The molecule has 5 heteroatoms. The fourth-order valence-electron chi connectivity index (χ4n) is 1.85. The van der Waals surface area contributed by atoms with E-state index < -0.39 is 0 Å². The second-order valence-electron chi connectivity index (χ2n) is 4.61. The zero-order valence-corrected chi connectivity index (χ0v) is 14.8. The Kier molecular flexibility index (Phi) is 6.21. The highest BCUT2D eigenvalue weighted by molar-refractivity contribution is 9.10. The van der Waals surface area contributed by atoms with Gasteiger partial charge in [0.25, 0.3) is 0 Å². The average molecular weight is 417 g/mol. The summed E-state index contributed by atoms with van der Waals surface area (Å²) in [5.41, 5.74) is 1.06. The number of rotatable bonds is 6. The maximum atomic E-state index is 13.1. The molecule has 2 aromatic carbocycles. The number of nitrogens with one attached hydrogen (secondary N) is 1. The van der Waals surface area contributed by atoms with Crippen LogP contribution in [0.5, 0.6) is 11.5 Å². The summed E-state index contributed by atoms with van der Waals surface area (Å²) in [6.07, 6.45) is 1.08. The molecule has 0 aliphatic rings. The molecule has 0 amide bonds. The fraction of sp³-hybridized carbons (Fsp3) is 0.250. The van der Waals surface area contributed by atoms with Crippen molar-refractivity contribution in [3.05, 3.63) is 56.7 Å². The molecule has 2 nitrogen and oxygen atoms in total. The van der Waals surface area contributed by atoms with Gasteiger partial charge < -0.3 is 10.1 Å². The molecule has 0 aliphatic carbocycles. The summed E-state index contributed by atoms with van der Waals surface area (Å²) < 4.78 is 20.6. The lowest BCUT2D eigenvalue weighted by molar-refractivity contribution is 0.467. The molecule has 0 aromatic heterocycles. The molecular weight excluding hydrogens is 401 g/mol. The molecule has 21 heavy (non-hydrogen) atoms. The van der Waals surface area contributed by atoms with Crippen LogP contribution in [0.4, 0.5) is 4.39 Å². The van der Waals surface area contributed by atoms with Gasteiger partial charge in [0.1, 0.15) is 17.3 Å². The standard InChI is InChI=1S/C16H16Br2FNO/c1-2-7-20-10-11-3-4-12(17)8-16(11)21-15-6-5-13(19)9-14(15)18/h3-6,8-9,20H,2,7,10H2,1H3. The molecule has 0 fully saturated rings. The highest BCUT2D eigenvalue weighted by Gasteiger charge is 2.09. The predicted octanol–water partition coefficient (Wildman–Crippen LogP) is 5.64. The van der Waals surface area contributed by atoms with E-state index in [4.69, 9.17) is 4.74 Å². The zero-order chi connectivity index (χ0) is 15.2. The number of benzene rings is 2. The van der Waals surface area contributed by atoms with E-state index >= 15 is 0 Å². The molecule has 0 atom stereocenters. The number of hydrogen-bond acceptors (Lipinski definition) is 2. The summed E-state index contributed by atoms with van der Waals surface area (Å²) in [5.74, 6) is 1.04. The molecule has 0 aliphatic heterocycles. The number of hydrogen-bond donors (Lipinski definition) is 1. The monoisotopic (exact) mass is 415 g/mol. The molecule has 0 spiro atoms. The topological polar surface area (TPSA) is 21.3 Å². The molecular formula is C16H16Br2FNO. The third-order valence-corrected chi connectivity index (χ3v) is 4.00. The Labute approximate surface area is 141 Å². The second-order valence-corrected chi connectivity index (χ2v) is 6.38. The Hall–Kier alpha value is -0.910. The van der Waals surface area contributed by atoms with Crippen molar-refractivity contribution in [3.8, 4) is 11.5 Å². The average Bonchev–Trinajstić information content (AvgIpc) is 2.44. The highest BCUT2D eigenvalue weighted by Crippen LogP contribution is 2.33. The van der Waals surface area contributed by atoms with Gasteiger partial charge in [-0.25, -0.2) is 4.39 Å². The van der Waals surface area contributed by atoms with Crippen LogP contribution in [-0.2, 0) is 6.54 Å². The number of halogens is 3. The molecule has 2 aromatic rings. The van der Waals surface area contributed by atoms with Gasteiger partial charge >= 0.3 is 0 Å². The van der Waals surface area contributed by atoms with Gasteiger partial charge in [0.05, 0.1) is 4.47 Å². The molecule has 2 rings (SSSR count). The zero-order valence-electron chi connectivity index (χ0n) is 11.6. The van der Waals surface area contributed by atoms with Crippen LogP contribution in [0.2, 0.25) is 0 Å². The minimum Gasteiger partial charge on any atom is -0.456 e. The Morgan fingerprint density at radius 2 is 1.90 bits per heavy atom.